The number of ketones is 1. The highest BCUT2D eigenvalue weighted by molar-refractivity contribution is 7.92. The van der Waals surface area contributed by atoms with Gasteiger partial charge < -0.3 is 9.64 Å². The van der Waals surface area contributed by atoms with Crippen LogP contribution in [0.4, 0.5) is 4.79 Å². The van der Waals surface area contributed by atoms with Crippen molar-refractivity contribution in [2.24, 2.45) is 0 Å². The fraction of sp³-hybridized carbons (Fsp3) is 0.652. The number of amides is 1. The van der Waals surface area contributed by atoms with Crippen molar-refractivity contribution in [3.63, 3.8) is 0 Å². The number of carbonyl (C=O) groups excluding carboxylic acids is 2. The molecule has 7 nitrogen and oxygen atoms in total. The van der Waals surface area contributed by atoms with Crippen LogP contribution in [-0.4, -0.2) is 79.4 Å². The van der Waals surface area contributed by atoms with Gasteiger partial charge >= 0.3 is 6.09 Å². The van der Waals surface area contributed by atoms with Crippen LogP contribution in [0, 0.1) is 0 Å². The lowest BCUT2D eigenvalue weighted by Gasteiger charge is -2.39. The maximum atomic E-state index is 12.4. The van der Waals surface area contributed by atoms with Crippen LogP contribution < -0.4 is 0 Å². The molecule has 0 aliphatic carbocycles. The van der Waals surface area contributed by atoms with Gasteiger partial charge in [0.1, 0.15) is 17.1 Å². The van der Waals surface area contributed by atoms with E-state index in [0.717, 1.165) is 24.8 Å². The van der Waals surface area contributed by atoms with Crippen LogP contribution in [0.5, 0.6) is 0 Å². The number of halogens is 1. The minimum Gasteiger partial charge on any atom is -0.444 e. The van der Waals surface area contributed by atoms with Gasteiger partial charge in [-0.3, -0.25) is 9.69 Å². The van der Waals surface area contributed by atoms with E-state index in [4.69, 9.17) is 16.3 Å². The third-order valence-corrected chi connectivity index (χ3v) is 7.25. The SMILES string of the molecule is CC(=O)CS(=O)(=O)CCN(CCc1ccc(Cl)cc1)C1CCN(C(=O)OC(C)(C)C)CC1. The number of hydrogen-bond donors (Lipinski definition) is 0. The maximum absolute atomic E-state index is 12.4. The quantitative estimate of drug-likeness (QED) is 0.530. The first-order valence-corrected chi connectivity index (χ1v) is 13.2. The molecular weight excluding hydrogens is 452 g/mol. The van der Waals surface area contributed by atoms with Gasteiger partial charge in [0.2, 0.25) is 0 Å². The lowest BCUT2D eigenvalue weighted by Crippen LogP contribution is -2.49. The van der Waals surface area contributed by atoms with Gasteiger partial charge in [-0.1, -0.05) is 23.7 Å². The molecule has 0 saturated carbocycles. The van der Waals surface area contributed by atoms with E-state index in [9.17, 15) is 18.0 Å². The van der Waals surface area contributed by atoms with E-state index < -0.39 is 21.2 Å². The normalized spacial score (nSPS) is 15.8. The average molecular weight is 487 g/mol. The smallest absolute Gasteiger partial charge is 0.410 e. The number of nitrogens with zero attached hydrogens (tertiary/aromatic N) is 2. The molecule has 1 aliphatic rings. The van der Waals surface area contributed by atoms with E-state index in [2.05, 4.69) is 4.90 Å². The minimum absolute atomic E-state index is 0.0561. The molecule has 1 aromatic rings. The third kappa shape index (κ3) is 9.46. The van der Waals surface area contributed by atoms with Crippen LogP contribution >= 0.6 is 11.6 Å². The van der Waals surface area contributed by atoms with Gasteiger partial charge in [0.05, 0.1) is 5.75 Å². The van der Waals surface area contributed by atoms with Crippen molar-refractivity contribution < 1.29 is 22.7 Å². The standard InChI is InChI=1S/C23H35ClN2O5S/c1-18(27)17-32(29,30)16-15-25(12-9-19-5-7-20(24)8-6-19)21-10-13-26(14-11-21)22(28)31-23(2,3)4/h5-8,21H,9-17H2,1-4H3. The summed E-state index contributed by atoms with van der Waals surface area (Å²) in [6.45, 7) is 9.01. The van der Waals surface area contributed by atoms with E-state index in [1.165, 1.54) is 6.92 Å². The zero-order chi connectivity index (χ0) is 23.9. The highest BCUT2D eigenvalue weighted by Gasteiger charge is 2.30. The van der Waals surface area contributed by atoms with Crippen molar-refractivity contribution >= 4 is 33.3 Å². The Hall–Kier alpha value is -1.64. The molecule has 2 rings (SSSR count). The lowest BCUT2D eigenvalue weighted by molar-refractivity contribution is -0.114. The molecule has 0 N–H and O–H groups in total. The fourth-order valence-corrected chi connectivity index (χ4v) is 5.18. The summed E-state index contributed by atoms with van der Waals surface area (Å²) in [5.74, 6) is -0.822. The van der Waals surface area contributed by atoms with Crippen LogP contribution in [0.3, 0.4) is 0 Å². The Kier molecular flexibility index (Phi) is 9.54. The van der Waals surface area contributed by atoms with Gasteiger partial charge in [-0.25, -0.2) is 13.2 Å². The van der Waals surface area contributed by atoms with Crippen molar-refractivity contribution in [3.8, 4) is 0 Å². The second-order valence-corrected chi connectivity index (χ2v) is 12.0. The highest BCUT2D eigenvalue weighted by Crippen LogP contribution is 2.20. The van der Waals surface area contributed by atoms with E-state index in [1.54, 1.807) is 4.90 Å². The molecule has 0 radical (unpaired) electrons. The first-order chi connectivity index (χ1) is 14.8. The van der Waals surface area contributed by atoms with Crippen LogP contribution in [0.25, 0.3) is 0 Å². The summed E-state index contributed by atoms with van der Waals surface area (Å²) in [5, 5.41) is 0.676. The molecule has 1 amide bonds. The van der Waals surface area contributed by atoms with Crippen molar-refractivity contribution in [1.29, 1.82) is 0 Å². The van der Waals surface area contributed by atoms with Gasteiger partial charge in [-0.05, 0) is 64.7 Å². The topological polar surface area (TPSA) is 84.0 Å². The number of piperidine rings is 1. The van der Waals surface area contributed by atoms with Gasteiger partial charge in [0.25, 0.3) is 0 Å². The Morgan fingerprint density at radius 3 is 2.25 bits per heavy atom. The number of ether oxygens (including phenoxy) is 1. The minimum atomic E-state index is -3.44. The first kappa shape index (κ1) is 26.6. The monoisotopic (exact) mass is 486 g/mol. The van der Waals surface area contributed by atoms with Crippen LogP contribution in [-0.2, 0) is 25.8 Å². The van der Waals surface area contributed by atoms with Gasteiger partial charge in [-0.2, -0.15) is 0 Å². The average Bonchev–Trinajstić information content (AvgIpc) is 2.67. The summed E-state index contributed by atoms with van der Waals surface area (Å²) in [7, 11) is -3.44. The Bertz CT molecular complexity index is 873. The molecule has 1 saturated heterocycles. The van der Waals surface area contributed by atoms with Crippen molar-refractivity contribution in [2.75, 3.05) is 37.7 Å². The Morgan fingerprint density at radius 1 is 1.12 bits per heavy atom. The Balaban J connectivity index is 2.01. The summed E-state index contributed by atoms with van der Waals surface area (Å²) < 4.78 is 30.0. The zero-order valence-electron chi connectivity index (χ0n) is 19.5. The predicted molar refractivity (Wildman–Crippen MR) is 127 cm³/mol. The number of sulfone groups is 1. The van der Waals surface area contributed by atoms with Crippen molar-refractivity contribution in [3.05, 3.63) is 34.9 Å². The van der Waals surface area contributed by atoms with E-state index in [0.29, 0.717) is 31.2 Å². The molecule has 1 fully saturated rings. The molecular formula is C23H35ClN2O5S. The molecule has 1 aromatic carbocycles. The summed E-state index contributed by atoms with van der Waals surface area (Å²) in [6, 6.07) is 7.79. The van der Waals surface area contributed by atoms with Crippen LogP contribution in [0.2, 0.25) is 5.02 Å². The molecule has 1 heterocycles. The highest BCUT2D eigenvalue weighted by atomic mass is 35.5. The first-order valence-electron chi connectivity index (χ1n) is 11.0. The number of benzene rings is 1. The predicted octanol–water partition coefficient (Wildman–Crippen LogP) is 3.59. The summed E-state index contributed by atoms with van der Waals surface area (Å²) in [6.07, 6.45) is 1.93. The van der Waals surface area contributed by atoms with Crippen LogP contribution in [0.1, 0.15) is 46.1 Å². The number of rotatable bonds is 9. The number of carbonyl (C=O) groups is 2. The zero-order valence-corrected chi connectivity index (χ0v) is 21.0. The molecule has 180 valence electrons. The molecule has 0 unspecified atom stereocenters. The third-order valence-electron chi connectivity index (χ3n) is 5.35. The number of Topliss-reactive ketones (excluding diaryl/α,β-unsaturated/α-hetero) is 1. The van der Waals surface area contributed by atoms with Gasteiger partial charge in [-0.15, -0.1) is 0 Å². The second-order valence-electron chi connectivity index (χ2n) is 9.41. The molecule has 0 aromatic heterocycles. The second kappa shape index (κ2) is 11.5. The number of hydrogen-bond acceptors (Lipinski definition) is 6. The van der Waals surface area contributed by atoms with Gasteiger partial charge in [0.15, 0.2) is 9.84 Å². The molecule has 1 aliphatic heterocycles. The molecule has 0 bridgehead atoms. The molecule has 32 heavy (non-hydrogen) atoms. The molecule has 0 atom stereocenters. The summed E-state index contributed by atoms with van der Waals surface area (Å²) >= 11 is 5.97. The van der Waals surface area contributed by atoms with E-state index in [-0.39, 0.29) is 23.7 Å². The number of likely N-dealkylation sites (tertiary alicyclic amines) is 1. The Labute approximate surface area is 197 Å². The van der Waals surface area contributed by atoms with E-state index in [1.807, 2.05) is 45.0 Å². The van der Waals surface area contributed by atoms with Gasteiger partial charge in [0, 0.05) is 37.2 Å². The molecule has 0 spiro atoms. The van der Waals surface area contributed by atoms with Crippen molar-refractivity contribution in [2.45, 2.75) is 58.6 Å². The maximum Gasteiger partial charge on any atom is 0.410 e. The summed E-state index contributed by atoms with van der Waals surface area (Å²) in [4.78, 5) is 27.5. The van der Waals surface area contributed by atoms with Crippen LogP contribution in [0.15, 0.2) is 24.3 Å². The fourth-order valence-electron chi connectivity index (χ4n) is 3.78. The summed E-state index contributed by atoms with van der Waals surface area (Å²) in [5.41, 5.74) is 0.584. The Morgan fingerprint density at radius 2 is 1.72 bits per heavy atom. The molecule has 9 heteroatoms. The van der Waals surface area contributed by atoms with Crippen molar-refractivity contribution in [1.82, 2.24) is 9.80 Å². The lowest BCUT2D eigenvalue weighted by atomic mass is 10.0. The largest absolute Gasteiger partial charge is 0.444 e. The van der Waals surface area contributed by atoms with E-state index >= 15 is 0 Å².